The van der Waals surface area contributed by atoms with Gasteiger partial charge in [0.1, 0.15) is 11.7 Å². The zero-order valence-electron chi connectivity index (χ0n) is 14.4. The number of carbonyl (C=O) groups excluding carboxylic acids is 2. The molecule has 2 aliphatic carbocycles. The maximum Gasteiger partial charge on any atom is 0.306 e. The van der Waals surface area contributed by atoms with Crippen LogP contribution in [0.25, 0.3) is 0 Å². The Bertz CT molecular complexity index is 511. The average molecular weight is 308 g/mol. The summed E-state index contributed by atoms with van der Waals surface area (Å²) in [5.74, 6) is 0.491. The second-order valence-corrected chi connectivity index (χ2v) is 8.60. The largest absolute Gasteiger partial charge is 0.462 e. The van der Waals surface area contributed by atoms with E-state index in [1.54, 1.807) is 0 Å². The molecule has 0 radical (unpaired) electrons. The normalized spacial score (nSPS) is 46.4. The number of esters is 2. The van der Waals surface area contributed by atoms with Gasteiger partial charge in [-0.05, 0) is 43.9 Å². The molecule has 3 aliphatic rings. The maximum absolute atomic E-state index is 11.9. The van der Waals surface area contributed by atoms with Gasteiger partial charge in [-0.3, -0.25) is 9.59 Å². The number of hydrogen-bond acceptors (Lipinski definition) is 4. The lowest BCUT2D eigenvalue weighted by molar-refractivity contribution is -0.196. The number of carbonyl (C=O) groups is 2. The molecule has 3 fully saturated rings. The molecule has 0 aromatic heterocycles. The molecule has 0 N–H and O–H groups in total. The molecule has 1 unspecified atom stereocenters. The standard InChI is InChI=1S/C18H28O4/c1-11(19)21-14-7-8-17(4)12(16(14,2)3)6-9-18(5)13(17)10-15(20)22-18/h12-14H,6-10H2,1-5H3/t12?,13-,14-,17-,18+/m0/s1. The second kappa shape index (κ2) is 4.72. The van der Waals surface area contributed by atoms with E-state index in [0.717, 1.165) is 25.7 Å². The summed E-state index contributed by atoms with van der Waals surface area (Å²) in [5, 5.41) is 0. The van der Waals surface area contributed by atoms with Crippen molar-refractivity contribution >= 4 is 11.9 Å². The summed E-state index contributed by atoms with van der Waals surface area (Å²) < 4.78 is 11.3. The molecular formula is C18H28O4. The Morgan fingerprint density at radius 1 is 1.14 bits per heavy atom. The van der Waals surface area contributed by atoms with Crippen LogP contribution < -0.4 is 0 Å². The summed E-state index contributed by atoms with van der Waals surface area (Å²) in [5.41, 5.74) is -0.280. The van der Waals surface area contributed by atoms with Gasteiger partial charge >= 0.3 is 11.9 Å². The van der Waals surface area contributed by atoms with E-state index in [-0.39, 0.29) is 40.4 Å². The number of rotatable bonds is 1. The zero-order chi connectivity index (χ0) is 16.3. The number of hydrogen-bond donors (Lipinski definition) is 0. The SMILES string of the molecule is CC(=O)O[C@H]1CC[C@@]2(C)C(CC[C@@]3(C)OC(=O)C[C@H]32)C1(C)C. The highest BCUT2D eigenvalue weighted by Gasteiger charge is 2.64. The molecule has 0 aromatic carbocycles. The van der Waals surface area contributed by atoms with E-state index in [0.29, 0.717) is 12.3 Å². The van der Waals surface area contributed by atoms with E-state index in [2.05, 4.69) is 27.7 Å². The Kier molecular flexibility index (Phi) is 3.39. The van der Waals surface area contributed by atoms with Crippen LogP contribution in [-0.4, -0.2) is 23.6 Å². The van der Waals surface area contributed by atoms with Gasteiger partial charge in [0.05, 0.1) is 6.42 Å². The van der Waals surface area contributed by atoms with E-state index in [1.165, 1.54) is 6.92 Å². The summed E-state index contributed by atoms with van der Waals surface area (Å²) in [6, 6.07) is 0. The highest BCUT2D eigenvalue weighted by molar-refractivity contribution is 5.73. The first-order valence-corrected chi connectivity index (χ1v) is 8.49. The second-order valence-electron chi connectivity index (χ2n) is 8.60. The highest BCUT2D eigenvalue weighted by Crippen LogP contribution is 2.65. The summed E-state index contributed by atoms with van der Waals surface area (Å²) in [4.78, 5) is 23.3. The van der Waals surface area contributed by atoms with Crippen LogP contribution in [0.15, 0.2) is 0 Å². The topological polar surface area (TPSA) is 52.6 Å². The molecule has 1 saturated heterocycles. The van der Waals surface area contributed by atoms with Crippen LogP contribution in [-0.2, 0) is 19.1 Å². The van der Waals surface area contributed by atoms with Gasteiger partial charge in [0, 0.05) is 18.3 Å². The minimum Gasteiger partial charge on any atom is -0.462 e. The van der Waals surface area contributed by atoms with E-state index in [1.807, 2.05) is 0 Å². The predicted octanol–water partition coefficient (Wildman–Crippen LogP) is 3.48. The predicted molar refractivity (Wildman–Crippen MR) is 82.0 cm³/mol. The smallest absolute Gasteiger partial charge is 0.306 e. The lowest BCUT2D eigenvalue weighted by atomic mass is 9.45. The summed E-state index contributed by atoms with van der Waals surface area (Å²) in [6.07, 6.45) is 4.33. The number of fused-ring (bicyclic) bond motifs is 3. The molecule has 3 rings (SSSR count). The van der Waals surface area contributed by atoms with E-state index in [9.17, 15) is 9.59 Å². The van der Waals surface area contributed by atoms with Gasteiger partial charge in [-0.25, -0.2) is 0 Å². The first kappa shape index (κ1) is 15.8. The van der Waals surface area contributed by atoms with Crippen molar-refractivity contribution in [2.75, 3.05) is 0 Å². The third-order valence-corrected chi connectivity index (χ3v) is 6.96. The van der Waals surface area contributed by atoms with Gasteiger partial charge < -0.3 is 9.47 Å². The molecule has 22 heavy (non-hydrogen) atoms. The van der Waals surface area contributed by atoms with Crippen LogP contribution in [0.3, 0.4) is 0 Å². The highest BCUT2D eigenvalue weighted by atomic mass is 16.6. The van der Waals surface area contributed by atoms with Crippen LogP contribution >= 0.6 is 0 Å². The maximum atomic E-state index is 11.9. The summed E-state index contributed by atoms with van der Waals surface area (Å²) in [6.45, 7) is 10.4. The van der Waals surface area contributed by atoms with Crippen molar-refractivity contribution in [1.82, 2.24) is 0 Å². The Hall–Kier alpha value is -1.06. The van der Waals surface area contributed by atoms with Crippen LogP contribution in [0.1, 0.15) is 66.7 Å². The third-order valence-electron chi connectivity index (χ3n) is 6.96. The van der Waals surface area contributed by atoms with Crippen molar-refractivity contribution < 1.29 is 19.1 Å². The van der Waals surface area contributed by atoms with Gasteiger partial charge in [0.15, 0.2) is 0 Å². The van der Waals surface area contributed by atoms with Crippen molar-refractivity contribution in [3.8, 4) is 0 Å². The fourth-order valence-electron chi connectivity index (χ4n) is 5.93. The van der Waals surface area contributed by atoms with Crippen molar-refractivity contribution in [3.05, 3.63) is 0 Å². The van der Waals surface area contributed by atoms with Crippen LogP contribution in [0.2, 0.25) is 0 Å². The minimum absolute atomic E-state index is 0.0227. The van der Waals surface area contributed by atoms with Crippen molar-refractivity contribution in [1.29, 1.82) is 0 Å². The Balaban J connectivity index is 1.93. The van der Waals surface area contributed by atoms with Crippen molar-refractivity contribution in [2.24, 2.45) is 22.7 Å². The molecule has 4 nitrogen and oxygen atoms in total. The Morgan fingerprint density at radius 3 is 2.45 bits per heavy atom. The van der Waals surface area contributed by atoms with E-state index >= 15 is 0 Å². The Morgan fingerprint density at radius 2 is 1.82 bits per heavy atom. The molecule has 4 heteroatoms. The molecule has 0 bridgehead atoms. The fraction of sp³-hybridized carbons (Fsp3) is 0.889. The first-order valence-electron chi connectivity index (χ1n) is 8.49. The summed E-state index contributed by atoms with van der Waals surface area (Å²) >= 11 is 0. The monoisotopic (exact) mass is 308 g/mol. The molecule has 1 heterocycles. The van der Waals surface area contributed by atoms with Gasteiger partial charge in [-0.2, -0.15) is 0 Å². The molecule has 0 amide bonds. The first-order chi connectivity index (χ1) is 10.1. The van der Waals surface area contributed by atoms with Gasteiger partial charge in [-0.15, -0.1) is 0 Å². The molecule has 0 aromatic rings. The van der Waals surface area contributed by atoms with Crippen LogP contribution in [0.4, 0.5) is 0 Å². The minimum atomic E-state index is -0.299. The third kappa shape index (κ3) is 2.10. The van der Waals surface area contributed by atoms with Crippen molar-refractivity contribution in [3.63, 3.8) is 0 Å². The molecular weight excluding hydrogens is 280 g/mol. The molecule has 124 valence electrons. The quantitative estimate of drug-likeness (QED) is 0.696. The lowest BCUT2D eigenvalue weighted by Crippen LogP contribution is -2.59. The molecule has 1 aliphatic heterocycles. The average Bonchev–Trinajstić information content (AvgIpc) is 2.69. The van der Waals surface area contributed by atoms with Crippen LogP contribution in [0, 0.1) is 22.7 Å². The van der Waals surface area contributed by atoms with Crippen molar-refractivity contribution in [2.45, 2.75) is 78.4 Å². The molecule has 0 spiro atoms. The van der Waals surface area contributed by atoms with Gasteiger partial charge in [0.2, 0.25) is 0 Å². The van der Waals surface area contributed by atoms with Gasteiger partial charge in [0.25, 0.3) is 0 Å². The molecule has 5 atom stereocenters. The molecule has 2 saturated carbocycles. The van der Waals surface area contributed by atoms with Crippen LogP contribution in [0.5, 0.6) is 0 Å². The fourth-order valence-corrected chi connectivity index (χ4v) is 5.93. The lowest BCUT2D eigenvalue weighted by Gasteiger charge is -2.61. The van der Waals surface area contributed by atoms with E-state index < -0.39 is 0 Å². The van der Waals surface area contributed by atoms with Gasteiger partial charge in [-0.1, -0.05) is 20.8 Å². The van der Waals surface area contributed by atoms with E-state index in [4.69, 9.17) is 9.47 Å². The zero-order valence-corrected chi connectivity index (χ0v) is 14.4. The summed E-state index contributed by atoms with van der Waals surface area (Å²) in [7, 11) is 0. The Labute approximate surface area is 132 Å². The number of ether oxygens (including phenoxy) is 2.